The van der Waals surface area contributed by atoms with Crippen LogP contribution in [0.2, 0.25) is 0 Å². The Morgan fingerprint density at radius 2 is 1.73 bits per heavy atom. The molecule has 33 heavy (non-hydrogen) atoms. The van der Waals surface area contributed by atoms with Crippen molar-refractivity contribution in [1.82, 2.24) is 14.9 Å². The van der Waals surface area contributed by atoms with Gasteiger partial charge in [-0.05, 0) is 56.2 Å². The van der Waals surface area contributed by atoms with Gasteiger partial charge in [0.05, 0.1) is 11.0 Å². The maximum atomic E-state index is 12.8. The van der Waals surface area contributed by atoms with Gasteiger partial charge in [-0.15, -0.1) is 0 Å². The topological polar surface area (TPSA) is 76.0 Å². The van der Waals surface area contributed by atoms with Crippen molar-refractivity contribution in [3.05, 3.63) is 95.3 Å². The van der Waals surface area contributed by atoms with E-state index in [4.69, 9.17) is 4.98 Å². The molecule has 0 aliphatic rings. The zero-order chi connectivity index (χ0) is 23.2. The van der Waals surface area contributed by atoms with Crippen LogP contribution in [0.1, 0.15) is 33.7 Å². The van der Waals surface area contributed by atoms with Crippen molar-refractivity contribution >= 4 is 28.5 Å². The molecule has 0 aliphatic heterocycles. The molecule has 0 unspecified atom stereocenters. The first-order chi connectivity index (χ1) is 16.0. The van der Waals surface area contributed by atoms with Crippen LogP contribution in [0.25, 0.3) is 11.0 Å². The van der Waals surface area contributed by atoms with Gasteiger partial charge in [-0.1, -0.05) is 48.0 Å². The van der Waals surface area contributed by atoms with Crippen LogP contribution >= 0.6 is 0 Å². The van der Waals surface area contributed by atoms with Crippen LogP contribution in [-0.2, 0) is 17.8 Å². The van der Waals surface area contributed by atoms with Crippen molar-refractivity contribution < 1.29 is 9.59 Å². The van der Waals surface area contributed by atoms with Crippen LogP contribution in [-0.4, -0.2) is 27.9 Å². The Morgan fingerprint density at radius 1 is 0.939 bits per heavy atom. The quantitative estimate of drug-likeness (QED) is 0.392. The molecule has 1 heterocycles. The number of amides is 2. The molecule has 0 saturated carbocycles. The summed E-state index contributed by atoms with van der Waals surface area (Å²) in [5.41, 5.74) is 5.34. The number of anilines is 1. The van der Waals surface area contributed by atoms with E-state index in [1.54, 1.807) is 0 Å². The number of aryl methyl sites for hydroxylation is 3. The normalized spacial score (nSPS) is 10.8. The minimum Gasteiger partial charge on any atom is -0.352 e. The number of hydrogen-bond donors (Lipinski definition) is 2. The maximum Gasteiger partial charge on any atom is 0.251 e. The smallest absolute Gasteiger partial charge is 0.251 e. The molecule has 0 bridgehead atoms. The van der Waals surface area contributed by atoms with Crippen molar-refractivity contribution in [2.45, 2.75) is 33.2 Å². The number of fused-ring (bicyclic) bond motifs is 1. The van der Waals surface area contributed by atoms with E-state index in [1.165, 1.54) is 0 Å². The Morgan fingerprint density at radius 3 is 2.55 bits per heavy atom. The Balaban J connectivity index is 1.42. The highest BCUT2D eigenvalue weighted by molar-refractivity contribution is 5.94. The standard InChI is InChI=1S/C27H28N4O2/c1-19-9-7-11-21(17-19)27(33)28-16-8-15-25-29-23-13-5-6-14-24(23)31(25)18-26(32)30-22-12-4-3-10-20(22)2/h3-7,9-14,17H,8,15-16,18H2,1-2H3,(H,28,33)(H,30,32). The van der Waals surface area contributed by atoms with Gasteiger partial charge in [-0.2, -0.15) is 0 Å². The lowest BCUT2D eigenvalue weighted by Gasteiger charge is -2.12. The van der Waals surface area contributed by atoms with Gasteiger partial charge < -0.3 is 15.2 Å². The SMILES string of the molecule is Cc1cccc(C(=O)NCCCc2nc3ccccc3n2CC(=O)Nc2ccccc2C)c1. The monoisotopic (exact) mass is 440 g/mol. The predicted molar refractivity (Wildman–Crippen MR) is 131 cm³/mol. The van der Waals surface area contributed by atoms with Crippen LogP contribution in [0, 0.1) is 13.8 Å². The number of benzene rings is 3. The molecule has 0 saturated heterocycles. The number of carbonyl (C=O) groups excluding carboxylic acids is 2. The largest absolute Gasteiger partial charge is 0.352 e. The molecule has 2 N–H and O–H groups in total. The average Bonchev–Trinajstić information content (AvgIpc) is 3.15. The highest BCUT2D eigenvalue weighted by Gasteiger charge is 2.14. The van der Waals surface area contributed by atoms with Crippen LogP contribution in [0.4, 0.5) is 5.69 Å². The molecular weight excluding hydrogens is 412 g/mol. The highest BCUT2D eigenvalue weighted by atomic mass is 16.2. The molecule has 0 spiro atoms. The molecule has 6 heteroatoms. The minimum absolute atomic E-state index is 0.0789. The number of para-hydroxylation sites is 3. The van der Waals surface area contributed by atoms with Crippen molar-refractivity contribution in [3.63, 3.8) is 0 Å². The average molecular weight is 441 g/mol. The van der Waals surface area contributed by atoms with Gasteiger partial charge in [0.15, 0.2) is 0 Å². The molecule has 0 radical (unpaired) electrons. The third-order valence-corrected chi connectivity index (χ3v) is 5.60. The van der Waals surface area contributed by atoms with Gasteiger partial charge >= 0.3 is 0 Å². The van der Waals surface area contributed by atoms with E-state index < -0.39 is 0 Å². The van der Waals surface area contributed by atoms with Crippen LogP contribution in [0.3, 0.4) is 0 Å². The zero-order valence-electron chi connectivity index (χ0n) is 19.0. The Kier molecular flexibility index (Phi) is 6.83. The molecule has 6 nitrogen and oxygen atoms in total. The summed E-state index contributed by atoms with van der Waals surface area (Å²) in [6.45, 7) is 4.65. The fourth-order valence-electron chi connectivity index (χ4n) is 3.88. The molecule has 0 fully saturated rings. The van der Waals surface area contributed by atoms with Crippen molar-refractivity contribution in [2.24, 2.45) is 0 Å². The summed E-state index contributed by atoms with van der Waals surface area (Å²) < 4.78 is 1.96. The van der Waals surface area contributed by atoms with E-state index in [2.05, 4.69) is 10.6 Å². The molecular formula is C27H28N4O2. The number of imidazole rings is 1. The molecule has 0 atom stereocenters. The molecule has 3 aromatic carbocycles. The number of carbonyl (C=O) groups is 2. The summed E-state index contributed by atoms with van der Waals surface area (Å²) >= 11 is 0. The van der Waals surface area contributed by atoms with E-state index in [-0.39, 0.29) is 18.4 Å². The second-order valence-corrected chi connectivity index (χ2v) is 8.19. The first-order valence-corrected chi connectivity index (χ1v) is 11.2. The molecule has 4 rings (SSSR count). The molecule has 1 aromatic heterocycles. The third kappa shape index (κ3) is 5.47. The summed E-state index contributed by atoms with van der Waals surface area (Å²) in [6, 6.07) is 23.1. The van der Waals surface area contributed by atoms with E-state index in [0.29, 0.717) is 18.5 Å². The van der Waals surface area contributed by atoms with Gasteiger partial charge in [0, 0.05) is 24.2 Å². The lowest BCUT2D eigenvalue weighted by atomic mass is 10.1. The number of nitrogens with zero attached hydrogens (tertiary/aromatic N) is 2. The van der Waals surface area contributed by atoms with Gasteiger partial charge in [-0.25, -0.2) is 4.98 Å². The summed E-state index contributed by atoms with van der Waals surface area (Å²) in [5, 5.41) is 5.97. The van der Waals surface area contributed by atoms with Gasteiger partial charge in [-0.3, -0.25) is 9.59 Å². The first-order valence-electron chi connectivity index (χ1n) is 11.2. The van der Waals surface area contributed by atoms with Crippen LogP contribution in [0.5, 0.6) is 0 Å². The Hall–Kier alpha value is -3.93. The maximum absolute atomic E-state index is 12.8. The minimum atomic E-state index is -0.0959. The second kappa shape index (κ2) is 10.1. The van der Waals surface area contributed by atoms with Crippen LogP contribution < -0.4 is 10.6 Å². The second-order valence-electron chi connectivity index (χ2n) is 8.19. The van der Waals surface area contributed by atoms with Crippen LogP contribution in [0.15, 0.2) is 72.8 Å². The number of nitrogens with one attached hydrogen (secondary N) is 2. The van der Waals surface area contributed by atoms with E-state index in [1.807, 2.05) is 91.2 Å². The number of rotatable bonds is 8. The summed E-state index contributed by atoms with van der Waals surface area (Å²) in [6.07, 6.45) is 1.38. The van der Waals surface area contributed by atoms with E-state index in [0.717, 1.165) is 40.1 Å². The van der Waals surface area contributed by atoms with Crippen molar-refractivity contribution in [1.29, 1.82) is 0 Å². The first kappa shape index (κ1) is 22.3. The Labute approximate surface area is 193 Å². The van der Waals surface area contributed by atoms with E-state index >= 15 is 0 Å². The molecule has 2 amide bonds. The van der Waals surface area contributed by atoms with Gasteiger partial charge in [0.2, 0.25) is 5.91 Å². The third-order valence-electron chi connectivity index (χ3n) is 5.60. The summed E-state index contributed by atoms with van der Waals surface area (Å²) in [5.74, 6) is 0.659. The van der Waals surface area contributed by atoms with Gasteiger partial charge in [0.1, 0.15) is 12.4 Å². The summed E-state index contributed by atoms with van der Waals surface area (Å²) in [4.78, 5) is 29.9. The predicted octanol–water partition coefficient (Wildman–Crippen LogP) is 4.65. The lowest BCUT2D eigenvalue weighted by molar-refractivity contribution is -0.116. The van der Waals surface area contributed by atoms with Crippen molar-refractivity contribution in [2.75, 3.05) is 11.9 Å². The van der Waals surface area contributed by atoms with Crippen molar-refractivity contribution in [3.8, 4) is 0 Å². The number of hydrogen-bond acceptors (Lipinski definition) is 3. The number of aromatic nitrogens is 2. The fourth-order valence-corrected chi connectivity index (χ4v) is 3.88. The molecule has 4 aromatic rings. The highest BCUT2D eigenvalue weighted by Crippen LogP contribution is 2.18. The zero-order valence-corrected chi connectivity index (χ0v) is 19.0. The lowest BCUT2D eigenvalue weighted by Crippen LogP contribution is -2.25. The Bertz CT molecular complexity index is 1290. The molecule has 0 aliphatic carbocycles. The van der Waals surface area contributed by atoms with E-state index in [9.17, 15) is 9.59 Å². The molecule has 168 valence electrons. The summed E-state index contributed by atoms with van der Waals surface area (Å²) in [7, 11) is 0. The van der Waals surface area contributed by atoms with Gasteiger partial charge in [0.25, 0.3) is 5.91 Å². The fraction of sp³-hybridized carbons (Fsp3) is 0.222.